The molecule has 0 aromatic carbocycles. The van der Waals surface area contributed by atoms with Crippen LogP contribution in [-0.4, -0.2) is 16.3 Å². The Bertz CT molecular complexity index is 209. The topological polar surface area (TPSA) is 12.5 Å². The Kier molecular flexibility index (Phi) is 6.36. The summed E-state index contributed by atoms with van der Waals surface area (Å²) in [5.41, 5.74) is 0. The van der Waals surface area contributed by atoms with Gasteiger partial charge in [0.05, 0.1) is 6.61 Å². The van der Waals surface area contributed by atoms with Gasteiger partial charge in [-0.15, -0.1) is 11.8 Å². The van der Waals surface area contributed by atoms with E-state index in [2.05, 4.69) is 27.7 Å². The van der Waals surface area contributed by atoms with E-state index >= 15 is 0 Å². The van der Waals surface area contributed by atoms with Gasteiger partial charge in [-0.2, -0.15) is 0 Å². The number of unbranched alkanes of at least 4 members (excludes halogenated alkanes) is 6. The van der Waals surface area contributed by atoms with Crippen LogP contribution in [0.4, 0.5) is 0 Å². The molecule has 0 aliphatic carbocycles. The zero-order valence-corrected chi connectivity index (χ0v) is 13.0. The zero-order valence-electron chi connectivity index (χ0n) is 12.2. The third-order valence-electron chi connectivity index (χ3n) is 3.43. The maximum absolute atomic E-state index is 5.47. The second-order valence-electron chi connectivity index (χ2n) is 6.16. The molecule has 1 aliphatic heterocycles. The standard InChI is InChI=1S/C15H30OS/c1-5-6-7-8-9-10-11-12-14(2,3)17-15(4)13-16-15/h5-13H2,1-4H3. The van der Waals surface area contributed by atoms with Crippen molar-refractivity contribution >= 4 is 11.8 Å². The van der Waals surface area contributed by atoms with Crippen LogP contribution in [0, 0.1) is 0 Å². The predicted molar refractivity (Wildman–Crippen MR) is 78.6 cm³/mol. The first kappa shape index (κ1) is 15.4. The lowest BCUT2D eigenvalue weighted by Gasteiger charge is -2.26. The summed E-state index contributed by atoms with van der Waals surface area (Å²) in [5, 5.41) is 0. The van der Waals surface area contributed by atoms with E-state index in [4.69, 9.17) is 4.74 Å². The van der Waals surface area contributed by atoms with Crippen LogP contribution in [0.15, 0.2) is 0 Å². The van der Waals surface area contributed by atoms with Gasteiger partial charge in [-0.1, -0.05) is 65.7 Å². The molecule has 0 N–H and O–H groups in total. The molecule has 1 unspecified atom stereocenters. The highest BCUT2D eigenvalue weighted by Gasteiger charge is 2.44. The molecule has 0 aromatic heterocycles. The predicted octanol–water partition coefficient (Wildman–Crippen LogP) is 5.39. The third kappa shape index (κ3) is 7.35. The fourth-order valence-corrected chi connectivity index (χ4v) is 3.90. The summed E-state index contributed by atoms with van der Waals surface area (Å²) >= 11 is 2.02. The summed E-state index contributed by atoms with van der Waals surface area (Å²) in [4.78, 5) is 0.143. The van der Waals surface area contributed by atoms with Crippen molar-refractivity contribution in [2.45, 2.75) is 88.7 Å². The minimum Gasteiger partial charge on any atom is -0.358 e. The van der Waals surface area contributed by atoms with E-state index in [1.165, 1.54) is 51.4 Å². The van der Waals surface area contributed by atoms with E-state index in [9.17, 15) is 0 Å². The minimum absolute atomic E-state index is 0.143. The average Bonchev–Trinajstić information content (AvgIpc) is 2.93. The molecule has 1 rings (SSSR count). The van der Waals surface area contributed by atoms with Crippen molar-refractivity contribution in [3.63, 3.8) is 0 Å². The molecule has 0 aromatic rings. The molecule has 1 saturated heterocycles. The van der Waals surface area contributed by atoms with E-state index in [1.54, 1.807) is 0 Å². The van der Waals surface area contributed by atoms with Crippen molar-refractivity contribution in [2.24, 2.45) is 0 Å². The van der Waals surface area contributed by atoms with Gasteiger partial charge in [0.25, 0.3) is 0 Å². The molecular formula is C15H30OS. The van der Waals surface area contributed by atoms with Crippen LogP contribution in [0.3, 0.4) is 0 Å². The van der Waals surface area contributed by atoms with Gasteiger partial charge in [0, 0.05) is 4.75 Å². The Hall–Kier alpha value is 0.310. The Morgan fingerprint density at radius 3 is 2.12 bits per heavy atom. The lowest BCUT2D eigenvalue weighted by Crippen LogP contribution is -2.19. The van der Waals surface area contributed by atoms with Crippen molar-refractivity contribution in [1.82, 2.24) is 0 Å². The Morgan fingerprint density at radius 2 is 1.59 bits per heavy atom. The van der Waals surface area contributed by atoms with E-state index in [0.717, 1.165) is 6.61 Å². The molecule has 0 spiro atoms. The van der Waals surface area contributed by atoms with Crippen LogP contribution < -0.4 is 0 Å². The van der Waals surface area contributed by atoms with Crippen molar-refractivity contribution in [2.75, 3.05) is 6.61 Å². The lowest BCUT2D eigenvalue weighted by atomic mass is 10.0. The van der Waals surface area contributed by atoms with E-state index in [1.807, 2.05) is 11.8 Å². The highest BCUT2D eigenvalue weighted by molar-refractivity contribution is 8.02. The van der Waals surface area contributed by atoms with Crippen molar-refractivity contribution in [1.29, 1.82) is 0 Å². The SMILES string of the molecule is CCCCCCCCCC(C)(C)SC1(C)CO1. The van der Waals surface area contributed by atoms with Crippen LogP contribution >= 0.6 is 11.8 Å². The molecule has 2 heteroatoms. The number of rotatable bonds is 10. The first-order valence-corrected chi connectivity index (χ1v) is 8.13. The molecule has 0 bridgehead atoms. The summed E-state index contributed by atoms with van der Waals surface area (Å²) in [5.74, 6) is 0. The molecule has 1 fully saturated rings. The third-order valence-corrected chi connectivity index (χ3v) is 4.85. The van der Waals surface area contributed by atoms with Crippen molar-refractivity contribution in [3.05, 3.63) is 0 Å². The highest BCUT2D eigenvalue weighted by Crippen LogP contribution is 2.47. The molecule has 17 heavy (non-hydrogen) atoms. The molecular weight excluding hydrogens is 228 g/mol. The second-order valence-corrected chi connectivity index (χ2v) is 8.33. The fourth-order valence-electron chi connectivity index (χ4n) is 2.30. The van der Waals surface area contributed by atoms with Gasteiger partial charge < -0.3 is 4.74 Å². The lowest BCUT2D eigenvalue weighted by molar-refractivity contribution is 0.398. The van der Waals surface area contributed by atoms with Gasteiger partial charge in [0.2, 0.25) is 0 Å². The summed E-state index contributed by atoms with van der Waals surface area (Å²) in [7, 11) is 0. The van der Waals surface area contributed by atoms with E-state index < -0.39 is 0 Å². The van der Waals surface area contributed by atoms with Crippen LogP contribution in [0.1, 0.15) is 79.1 Å². The van der Waals surface area contributed by atoms with Crippen molar-refractivity contribution < 1.29 is 4.74 Å². The molecule has 0 saturated carbocycles. The summed E-state index contributed by atoms with van der Waals surface area (Å²) in [6, 6.07) is 0. The van der Waals surface area contributed by atoms with Crippen LogP contribution in [0.25, 0.3) is 0 Å². The van der Waals surface area contributed by atoms with E-state index in [-0.39, 0.29) is 4.93 Å². The molecule has 1 atom stereocenters. The first-order chi connectivity index (χ1) is 7.97. The smallest absolute Gasteiger partial charge is 0.134 e. The molecule has 0 amide bonds. The molecule has 0 radical (unpaired) electrons. The molecule has 1 aliphatic rings. The zero-order chi connectivity index (χ0) is 12.8. The number of epoxide rings is 1. The number of ether oxygens (including phenoxy) is 1. The number of hydrogen-bond acceptors (Lipinski definition) is 2. The van der Waals surface area contributed by atoms with Crippen LogP contribution in [0.2, 0.25) is 0 Å². The monoisotopic (exact) mass is 258 g/mol. The van der Waals surface area contributed by atoms with Gasteiger partial charge in [0.15, 0.2) is 0 Å². The van der Waals surface area contributed by atoms with Gasteiger partial charge in [-0.25, -0.2) is 0 Å². The molecule has 1 nitrogen and oxygen atoms in total. The van der Waals surface area contributed by atoms with Gasteiger partial charge in [-0.05, 0) is 13.3 Å². The molecule has 1 heterocycles. The van der Waals surface area contributed by atoms with Gasteiger partial charge in [0.1, 0.15) is 4.93 Å². The number of thioether (sulfide) groups is 1. The minimum atomic E-state index is 0.143. The Balaban J connectivity index is 1.97. The summed E-state index contributed by atoms with van der Waals surface area (Å²) in [6.45, 7) is 10.2. The maximum Gasteiger partial charge on any atom is 0.134 e. The van der Waals surface area contributed by atoms with Gasteiger partial charge >= 0.3 is 0 Å². The van der Waals surface area contributed by atoms with Gasteiger partial charge in [-0.3, -0.25) is 0 Å². The largest absolute Gasteiger partial charge is 0.358 e. The highest BCUT2D eigenvalue weighted by atomic mass is 32.2. The van der Waals surface area contributed by atoms with Crippen LogP contribution in [-0.2, 0) is 4.74 Å². The normalized spacial score (nSPS) is 24.0. The fraction of sp³-hybridized carbons (Fsp3) is 1.00. The maximum atomic E-state index is 5.47. The Morgan fingerprint density at radius 1 is 1.06 bits per heavy atom. The average molecular weight is 258 g/mol. The Labute approximate surface area is 112 Å². The van der Waals surface area contributed by atoms with Crippen molar-refractivity contribution in [3.8, 4) is 0 Å². The first-order valence-electron chi connectivity index (χ1n) is 7.32. The summed E-state index contributed by atoms with van der Waals surface area (Å²) in [6.07, 6.45) is 11.2. The molecule has 102 valence electrons. The van der Waals surface area contributed by atoms with E-state index in [0.29, 0.717) is 4.75 Å². The van der Waals surface area contributed by atoms with Crippen LogP contribution in [0.5, 0.6) is 0 Å². The summed E-state index contributed by atoms with van der Waals surface area (Å²) < 4.78 is 5.85. The number of hydrogen-bond donors (Lipinski definition) is 0. The quantitative estimate of drug-likeness (QED) is 0.385. The second kappa shape index (κ2) is 7.04.